The molecule has 0 radical (unpaired) electrons. The van der Waals surface area contributed by atoms with Crippen LogP contribution in [0.5, 0.6) is 0 Å². The highest BCUT2D eigenvalue weighted by atomic mass is 15.3. The molecule has 0 unspecified atom stereocenters. The number of hydrogen-bond donors (Lipinski definition) is 2. The fourth-order valence-electron chi connectivity index (χ4n) is 13.3. The third-order valence-corrected chi connectivity index (χ3v) is 15.3. The highest BCUT2D eigenvalue weighted by Gasteiger charge is 2.43. The molecule has 2 N–H and O–H groups in total. The van der Waals surface area contributed by atoms with E-state index in [9.17, 15) is 0 Å². The lowest BCUT2D eigenvalue weighted by Gasteiger charge is -2.49. The Morgan fingerprint density at radius 1 is 0.250 bits per heavy atom. The van der Waals surface area contributed by atoms with Gasteiger partial charge < -0.3 is 9.80 Å². The summed E-state index contributed by atoms with van der Waals surface area (Å²) in [6.07, 6.45) is 5.83. The van der Waals surface area contributed by atoms with Gasteiger partial charge in [-0.1, -0.05) is 283 Å². The molecule has 0 saturated heterocycles. The number of benzene rings is 8. The molecule has 0 aliphatic heterocycles. The molecule has 0 atom stereocenters. The van der Waals surface area contributed by atoms with Crippen molar-refractivity contribution in [1.82, 2.24) is 0 Å². The van der Waals surface area contributed by atoms with Gasteiger partial charge in [-0.3, -0.25) is 0 Å². The van der Waals surface area contributed by atoms with Crippen LogP contribution in [0.2, 0.25) is 0 Å². The maximum Gasteiger partial charge on any atom is 0.108 e. The van der Waals surface area contributed by atoms with Crippen LogP contribution in [0.15, 0.2) is 243 Å². The SMILES string of the molecule is CC(C)(C)[NH+](C(C)(C)C)C(C)(C)C.CCCC[NH+](CCCC)CCCC.c1ccc([B-](c2ccccc2)(c2ccccc2)c2ccccc2)cc1.c1ccc([B-](c2ccccc2)(c2ccccc2)c2ccccc2)cc1. The van der Waals surface area contributed by atoms with E-state index >= 15 is 0 Å². The van der Waals surface area contributed by atoms with Crippen molar-refractivity contribution in [2.45, 2.75) is 138 Å². The molecular weight excluding hydrogens is 914 g/mol. The molecule has 0 saturated carbocycles. The summed E-state index contributed by atoms with van der Waals surface area (Å²) in [5, 5.41) is 0. The number of nitrogens with one attached hydrogen (secondary N) is 2. The van der Waals surface area contributed by atoms with Crippen LogP contribution in [0.1, 0.15) is 122 Å². The summed E-state index contributed by atoms with van der Waals surface area (Å²) in [4.78, 5) is 3.48. The second kappa shape index (κ2) is 29.9. The normalized spacial score (nSPS) is 11.9. The Bertz CT molecular complexity index is 2190. The minimum absolute atomic E-state index is 0.302. The number of unbranched alkanes of at least 4 members (excludes halogenated alkanes) is 3. The van der Waals surface area contributed by atoms with Crippen LogP contribution < -0.4 is 53.5 Å². The minimum atomic E-state index is -1.22. The fraction of sp³-hybridized carbons (Fsp3) is 0.333. The van der Waals surface area contributed by atoms with Crippen LogP contribution in [0, 0.1) is 0 Å². The zero-order chi connectivity index (χ0) is 54.9. The van der Waals surface area contributed by atoms with Crippen molar-refractivity contribution in [3.05, 3.63) is 243 Å². The third kappa shape index (κ3) is 16.4. The van der Waals surface area contributed by atoms with Gasteiger partial charge in [0.1, 0.15) is 12.3 Å². The van der Waals surface area contributed by atoms with Crippen LogP contribution >= 0.6 is 0 Å². The van der Waals surface area contributed by atoms with E-state index in [0.717, 1.165) is 0 Å². The molecule has 76 heavy (non-hydrogen) atoms. The molecule has 0 heterocycles. The van der Waals surface area contributed by atoms with Crippen LogP contribution in [-0.2, 0) is 0 Å². The molecule has 0 spiro atoms. The van der Waals surface area contributed by atoms with Crippen molar-refractivity contribution in [2.24, 2.45) is 0 Å². The van der Waals surface area contributed by atoms with Crippen molar-refractivity contribution in [1.29, 1.82) is 0 Å². The molecule has 0 fully saturated rings. The smallest absolute Gasteiger partial charge is 0.108 e. The Kier molecular flexibility index (Phi) is 23.9. The Morgan fingerprint density at radius 2 is 0.395 bits per heavy atom. The lowest BCUT2D eigenvalue weighted by molar-refractivity contribution is -1.03. The van der Waals surface area contributed by atoms with Gasteiger partial charge in [0.2, 0.25) is 0 Å². The van der Waals surface area contributed by atoms with E-state index in [0.29, 0.717) is 16.6 Å². The van der Waals surface area contributed by atoms with E-state index in [1.165, 1.54) is 102 Å². The van der Waals surface area contributed by atoms with Gasteiger partial charge in [-0.15, -0.1) is 0 Å². The number of rotatable bonds is 17. The molecule has 8 aromatic carbocycles. The van der Waals surface area contributed by atoms with Crippen LogP contribution in [-0.4, -0.2) is 48.5 Å². The molecule has 0 aliphatic carbocycles. The summed E-state index contributed by atoms with van der Waals surface area (Å²) in [5.74, 6) is 0. The first-order valence-corrected chi connectivity index (χ1v) is 29.0. The zero-order valence-corrected chi connectivity index (χ0v) is 49.1. The zero-order valence-electron chi connectivity index (χ0n) is 49.1. The second-order valence-corrected chi connectivity index (χ2v) is 24.2. The maximum atomic E-state index is 2.32. The topological polar surface area (TPSA) is 8.88 Å². The predicted octanol–water partition coefficient (Wildman–Crippen LogP) is 10.7. The molecule has 0 bridgehead atoms. The first kappa shape index (κ1) is 60.7. The van der Waals surface area contributed by atoms with Crippen LogP contribution in [0.4, 0.5) is 0 Å². The fourth-order valence-corrected chi connectivity index (χ4v) is 13.3. The van der Waals surface area contributed by atoms with E-state index in [4.69, 9.17) is 0 Å². The lowest BCUT2D eigenvalue weighted by Crippen LogP contribution is -3.30. The molecule has 400 valence electrons. The highest BCUT2D eigenvalue weighted by Crippen LogP contribution is 2.12. The average Bonchev–Trinajstić information content (AvgIpc) is 3.45. The quantitative estimate of drug-likeness (QED) is 0.0842. The van der Waals surface area contributed by atoms with Crippen molar-refractivity contribution in [3.8, 4) is 0 Å². The Morgan fingerprint density at radius 3 is 0.500 bits per heavy atom. The van der Waals surface area contributed by atoms with Crippen LogP contribution in [0.3, 0.4) is 0 Å². The van der Waals surface area contributed by atoms with Gasteiger partial charge in [-0.25, -0.2) is 0 Å². The van der Waals surface area contributed by atoms with Gasteiger partial charge >= 0.3 is 0 Å². The van der Waals surface area contributed by atoms with E-state index < -0.39 is 12.3 Å². The average molecular weight is 1010 g/mol. The summed E-state index contributed by atoms with van der Waals surface area (Å²) < 4.78 is 0. The third-order valence-electron chi connectivity index (χ3n) is 15.3. The van der Waals surface area contributed by atoms with Crippen molar-refractivity contribution in [2.75, 3.05) is 19.6 Å². The standard InChI is InChI=1S/2C24H20B.2C12H27N/c2*1-5-13-21(14-6-1)25(22-15-7-2-8-16-22,23-17-9-3-10-18-23)24-19-11-4-12-20-24;1-10(2,3)13(11(4,5)6)12(7,8)9;1-4-7-10-13(11-8-5-2)12-9-6-3/h2*1-20H;1-9H3;4-12H2,1-3H3/q2*-1;;/p+2. The monoisotopic (exact) mass is 1010 g/mol. The Labute approximate surface area is 463 Å². The minimum Gasteiger partial charge on any atom is -0.335 e. The first-order valence-electron chi connectivity index (χ1n) is 29.0. The molecule has 2 nitrogen and oxygen atoms in total. The van der Waals surface area contributed by atoms with Gasteiger partial charge in [-0.2, -0.15) is 43.7 Å². The molecule has 8 aromatic rings. The second-order valence-electron chi connectivity index (χ2n) is 24.2. The number of quaternary nitrogens is 2. The maximum absolute atomic E-state index is 2.32. The summed E-state index contributed by atoms with van der Waals surface area (Å²) in [6, 6.07) is 87.1. The largest absolute Gasteiger partial charge is 0.335 e. The lowest BCUT2D eigenvalue weighted by atomic mass is 9.13. The van der Waals surface area contributed by atoms with Gasteiger partial charge in [0.25, 0.3) is 0 Å². The van der Waals surface area contributed by atoms with E-state index in [-0.39, 0.29) is 0 Å². The molecule has 0 aromatic heterocycles. The van der Waals surface area contributed by atoms with Crippen LogP contribution in [0.25, 0.3) is 0 Å². The van der Waals surface area contributed by atoms with E-state index in [2.05, 4.69) is 326 Å². The first-order chi connectivity index (χ1) is 36.6. The Balaban J connectivity index is 0.000000197. The highest BCUT2D eigenvalue weighted by molar-refractivity contribution is 7.20. The summed E-state index contributed by atoms with van der Waals surface area (Å²) in [7, 11) is 0. The summed E-state index contributed by atoms with van der Waals surface area (Å²) >= 11 is 0. The van der Waals surface area contributed by atoms with Gasteiger partial charge in [-0.05, 0) is 81.6 Å². The van der Waals surface area contributed by atoms with Crippen molar-refractivity contribution >= 4 is 56.0 Å². The van der Waals surface area contributed by atoms with Gasteiger partial charge in [0.15, 0.2) is 0 Å². The van der Waals surface area contributed by atoms with E-state index in [1.807, 2.05) is 4.90 Å². The predicted molar refractivity (Wildman–Crippen MR) is 341 cm³/mol. The van der Waals surface area contributed by atoms with E-state index in [1.54, 1.807) is 4.90 Å². The summed E-state index contributed by atoms with van der Waals surface area (Å²) in [6.45, 7) is 31.9. The number of hydrogen-bond acceptors (Lipinski definition) is 0. The molecule has 8 rings (SSSR count). The molecule has 0 amide bonds. The molecule has 4 heteroatoms. The van der Waals surface area contributed by atoms with Gasteiger partial charge in [0, 0.05) is 0 Å². The van der Waals surface area contributed by atoms with Crippen molar-refractivity contribution in [3.63, 3.8) is 0 Å². The van der Waals surface area contributed by atoms with Crippen molar-refractivity contribution < 1.29 is 9.80 Å². The molecule has 0 aliphatic rings. The Hall–Kier alpha value is -6.19. The van der Waals surface area contributed by atoms with Gasteiger partial charge in [0.05, 0.1) is 36.3 Å². The summed E-state index contributed by atoms with van der Waals surface area (Å²) in [5.41, 5.74) is 11.6. The molecular formula is C72H96B2N2.